The van der Waals surface area contributed by atoms with Crippen molar-refractivity contribution in [1.82, 2.24) is 15.1 Å². The molecule has 1 aliphatic rings. The smallest absolute Gasteiger partial charge is 0.241 e. The van der Waals surface area contributed by atoms with Crippen LogP contribution >= 0.6 is 0 Å². The van der Waals surface area contributed by atoms with Crippen molar-refractivity contribution in [3.05, 3.63) is 0 Å². The number of ether oxygens (including phenoxy) is 1. The van der Waals surface area contributed by atoms with Gasteiger partial charge in [0.1, 0.15) is 0 Å². The van der Waals surface area contributed by atoms with Crippen LogP contribution in [0.25, 0.3) is 0 Å². The number of carbonyl (C=O) groups is 3. The van der Waals surface area contributed by atoms with Crippen LogP contribution in [-0.4, -0.2) is 75.0 Å². The molecule has 0 spiro atoms. The molecule has 1 unspecified atom stereocenters. The summed E-state index contributed by atoms with van der Waals surface area (Å²) in [5.74, 6) is -0.823. The highest BCUT2D eigenvalue weighted by atomic mass is 16.5. The van der Waals surface area contributed by atoms with Crippen LogP contribution in [-0.2, 0) is 19.1 Å². The summed E-state index contributed by atoms with van der Waals surface area (Å²) in [5.41, 5.74) is 0. The first kappa shape index (κ1) is 15.4. The molecule has 1 rings (SSSR count). The zero-order chi connectivity index (χ0) is 14.4. The average Bonchev–Trinajstić information content (AvgIpc) is 2.79. The summed E-state index contributed by atoms with van der Waals surface area (Å²) in [6.07, 6.45) is 0.193. The van der Waals surface area contributed by atoms with Crippen LogP contribution in [0.15, 0.2) is 0 Å². The molecule has 7 nitrogen and oxygen atoms in total. The standard InChI is InChI=1S/C12H21N3O4/c1-14(2)11(17)8-15(4-5-19-3)12(18)9-6-10(16)13-7-9/h9H,4-8H2,1-3H3,(H,13,16). The highest BCUT2D eigenvalue weighted by Crippen LogP contribution is 2.12. The molecule has 0 aromatic heterocycles. The van der Waals surface area contributed by atoms with E-state index in [0.717, 1.165) is 0 Å². The monoisotopic (exact) mass is 271 g/mol. The molecule has 0 aliphatic carbocycles. The van der Waals surface area contributed by atoms with E-state index in [1.54, 1.807) is 14.1 Å². The third kappa shape index (κ3) is 4.51. The van der Waals surface area contributed by atoms with Gasteiger partial charge in [0, 0.05) is 40.7 Å². The second kappa shape index (κ2) is 7.08. The van der Waals surface area contributed by atoms with Crippen LogP contribution in [0.2, 0.25) is 0 Å². The van der Waals surface area contributed by atoms with Crippen molar-refractivity contribution in [1.29, 1.82) is 0 Å². The number of rotatable bonds is 6. The van der Waals surface area contributed by atoms with E-state index in [0.29, 0.717) is 19.7 Å². The van der Waals surface area contributed by atoms with Crippen molar-refractivity contribution in [3.8, 4) is 0 Å². The molecule has 19 heavy (non-hydrogen) atoms. The van der Waals surface area contributed by atoms with Gasteiger partial charge in [0.2, 0.25) is 17.7 Å². The molecular weight excluding hydrogens is 250 g/mol. The molecular formula is C12H21N3O4. The SMILES string of the molecule is COCCN(CC(=O)N(C)C)C(=O)C1CNC(=O)C1. The lowest BCUT2D eigenvalue weighted by Gasteiger charge is -2.25. The van der Waals surface area contributed by atoms with Crippen molar-refractivity contribution < 1.29 is 19.1 Å². The van der Waals surface area contributed by atoms with Gasteiger partial charge in [-0.1, -0.05) is 0 Å². The number of amides is 3. The second-order valence-electron chi connectivity index (χ2n) is 4.75. The lowest BCUT2D eigenvalue weighted by Crippen LogP contribution is -2.44. The molecule has 0 aromatic rings. The topological polar surface area (TPSA) is 79.0 Å². The molecule has 7 heteroatoms. The first-order chi connectivity index (χ1) is 8.95. The molecule has 0 saturated carbocycles. The Hall–Kier alpha value is -1.63. The normalized spacial score (nSPS) is 18.1. The number of hydrogen-bond donors (Lipinski definition) is 1. The minimum absolute atomic E-state index is 0.0138. The van der Waals surface area contributed by atoms with Crippen molar-refractivity contribution >= 4 is 17.7 Å². The van der Waals surface area contributed by atoms with E-state index in [9.17, 15) is 14.4 Å². The van der Waals surface area contributed by atoms with E-state index in [1.165, 1.54) is 16.9 Å². The second-order valence-corrected chi connectivity index (χ2v) is 4.75. The van der Waals surface area contributed by atoms with Crippen LogP contribution < -0.4 is 5.32 Å². The summed E-state index contributed by atoms with van der Waals surface area (Å²) in [6, 6.07) is 0. The molecule has 1 atom stereocenters. The van der Waals surface area contributed by atoms with Gasteiger partial charge in [-0.05, 0) is 0 Å². The predicted octanol–water partition coefficient (Wildman–Crippen LogP) is -1.31. The third-order valence-corrected chi connectivity index (χ3v) is 3.03. The van der Waals surface area contributed by atoms with Gasteiger partial charge in [-0.25, -0.2) is 0 Å². The molecule has 1 heterocycles. The van der Waals surface area contributed by atoms with E-state index >= 15 is 0 Å². The number of hydrogen-bond acceptors (Lipinski definition) is 4. The quantitative estimate of drug-likeness (QED) is 0.650. The first-order valence-corrected chi connectivity index (χ1v) is 6.20. The van der Waals surface area contributed by atoms with E-state index in [4.69, 9.17) is 4.74 Å². The summed E-state index contributed by atoms with van der Waals surface area (Å²) in [6.45, 7) is 1.07. The van der Waals surface area contributed by atoms with Gasteiger partial charge in [0.15, 0.2) is 0 Å². The van der Waals surface area contributed by atoms with Gasteiger partial charge in [0.25, 0.3) is 0 Å². The Balaban J connectivity index is 2.64. The molecule has 1 saturated heterocycles. The maximum atomic E-state index is 12.3. The molecule has 3 amide bonds. The Morgan fingerprint density at radius 2 is 2.11 bits per heavy atom. The summed E-state index contributed by atoms with van der Waals surface area (Å²) in [4.78, 5) is 38.0. The van der Waals surface area contributed by atoms with Crippen LogP contribution in [0.3, 0.4) is 0 Å². The molecule has 1 fully saturated rings. The molecule has 0 radical (unpaired) electrons. The summed E-state index contributed by atoms with van der Waals surface area (Å²) >= 11 is 0. The van der Waals surface area contributed by atoms with Crippen LogP contribution in [0.5, 0.6) is 0 Å². The summed E-state index contributed by atoms with van der Waals surface area (Å²) < 4.78 is 4.95. The minimum Gasteiger partial charge on any atom is -0.383 e. The Morgan fingerprint density at radius 3 is 2.58 bits per heavy atom. The van der Waals surface area contributed by atoms with Crippen molar-refractivity contribution in [3.63, 3.8) is 0 Å². The van der Waals surface area contributed by atoms with E-state index in [1.807, 2.05) is 0 Å². The fourth-order valence-electron chi connectivity index (χ4n) is 1.81. The lowest BCUT2D eigenvalue weighted by atomic mass is 10.1. The summed E-state index contributed by atoms with van der Waals surface area (Å²) in [5, 5.41) is 2.62. The largest absolute Gasteiger partial charge is 0.383 e. The van der Waals surface area contributed by atoms with Crippen LogP contribution in [0, 0.1) is 5.92 Å². The number of methoxy groups -OCH3 is 1. The van der Waals surface area contributed by atoms with Gasteiger partial charge in [-0.2, -0.15) is 0 Å². The summed E-state index contributed by atoms with van der Waals surface area (Å²) in [7, 11) is 4.82. The number of carbonyl (C=O) groups excluding carboxylic acids is 3. The van der Waals surface area contributed by atoms with E-state index in [2.05, 4.69) is 5.32 Å². The van der Waals surface area contributed by atoms with Crippen LogP contribution in [0.4, 0.5) is 0 Å². The fraction of sp³-hybridized carbons (Fsp3) is 0.750. The number of nitrogens with one attached hydrogen (secondary N) is 1. The molecule has 1 aliphatic heterocycles. The predicted molar refractivity (Wildman–Crippen MR) is 68.3 cm³/mol. The fourth-order valence-corrected chi connectivity index (χ4v) is 1.81. The highest BCUT2D eigenvalue weighted by molar-refractivity contribution is 5.91. The van der Waals surface area contributed by atoms with E-state index < -0.39 is 0 Å². The minimum atomic E-state index is -0.376. The zero-order valence-electron chi connectivity index (χ0n) is 11.6. The van der Waals surface area contributed by atoms with Gasteiger partial charge >= 0.3 is 0 Å². The Labute approximate surface area is 112 Å². The van der Waals surface area contributed by atoms with Gasteiger partial charge in [0.05, 0.1) is 19.1 Å². The van der Waals surface area contributed by atoms with E-state index in [-0.39, 0.29) is 36.6 Å². The Kier molecular flexibility index (Phi) is 5.75. The lowest BCUT2D eigenvalue weighted by molar-refractivity contribution is -0.142. The Morgan fingerprint density at radius 1 is 1.42 bits per heavy atom. The molecule has 0 bridgehead atoms. The van der Waals surface area contributed by atoms with Crippen LogP contribution in [0.1, 0.15) is 6.42 Å². The van der Waals surface area contributed by atoms with Crippen molar-refractivity contribution in [2.24, 2.45) is 5.92 Å². The third-order valence-electron chi connectivity index (χ3n) is 3.03. The molecule has 108 valence electrons. The number of likely N-dealkylation sites (N-methyl/N-ethyl adjacent to an activating group) is 1. The maximum Gasteiger partial charge on any atom is 0.241 e. The first-order valence-electron chi connectivity index (χ1n) is 6.20. The Bertz CT molecular complexity index is 357. The highest BCUT2D eigenvalue weighted by Gasteiger charge is 2.32. The number of nitrogens with zero attached hydrogens (tertiary/aromatic N) is 2. The van der Waals surface area contributed by atoms with Gasteiger partial charge < -0.3 is 19.9 Å². The molecule has 1 N–H and O–H groups in total. The van der Waals surface area contributed by atoms with Crippen molar-refractivity contribution in [2.75, 3.05) is 47.4 Å². The van der Waals surface area contributed by atoms with Crippen molar-refractivity contribution in [2.45, 2.75) is 6.42 Å². The molecule has 0 aromatic carbocycles. The zero-order valence-corrected chi connectivity index (χ0v) is 11.6. The maximum absolute atomic E-state index is 12.3. The van der Waals surface area contributed by atoms with Gasteiger partial charge in [-0.3, -0.25) is 14.4 Å². The average molecular weight is 271 g/mol. The van der Waals surface area contributed by atoms with Gasteiger partial charge in [-0.15, -0.1) is 0 Å².